The van der Waals surface area contributed by atoms with Crippen molar-refractivity contribution in [3.63, 3.8) is 0 Å². The number of hydrogen-bond acceptors (Lipinski definition) is 3. The molecule has 3 heteroatoms. The van der Waals surface area contributed by atoms with Gasteiger partial charge in [-0.3, -0.25) is 4.79 Å². The van der Waals surface area contributed by atoms with Gasteiger partial charge in [0, 0.05) is 0 Å². The molecular weight excluding hydrogens is 252 g/mol. The van der Waals surface area contributed by atoms with Crippen LogP contribution in [0.3, 0.4) is 0 Å². The summed E-state index contributed by atoms with van der Waals surface area (Å²) in [6.07, 6.45) is 14.2. The van der Waals surface area contributed by atoms with E-state index in [1.54, 1.807) is 6.92 Å². The summed E-state index contributed by atoms with van der Waals surface area (Å²) in [5.41, 5.74) is 0. The Labute approximate surface area is 125 Å². The Kier molecular flexibility index (Phi) is 14.4. The molecule has 0 rings (SSSR count). The van der Waals surface area contributed by atoms with E-state index in [1.165, 1.54) is 64.2 Å². The monoisotopic (exact) mass is 286 g/mol. The van der Waals surface area contributed by atoms with Gasteiger partial charge in [0.15, 0.2) is 0 Å². The molecule has 0 bridgehead atoms. The molecule has 0 aliphatic rings. The van der Waals surface area contributed by atoms with E-state index in [9.17, 15) is 9.90 Å². The summed E-state index contributed by atoms with van der Waals surface area (Å²) in [5, 5.41) is 9.42. The molecule has 0 fully saturated rings. The molecular formula is C17H34O3. The van der Waals surface area contributed by atoms with Gasteiger partial charge in [-0.05, 0) is 19.8 Å². The first-order valence-electron chi connectivity index (χ1n) is 8.49. The number of ether oxygens (including phenoxy) is 1. The molecule has 0 aromatic carbocycles. The van der Waals surface area contributed by atoms with Gasteiger partial charge < -0.3 is 9.84 Å². The van der Waals surface area contributed by atoms with Crippen LogP contribution >= 0.6 is 0 Å². The van der Waals surface area contributed by atoms with E-state index < -0.39 is 6.10 Å². The molecule has 0 aromatic heterocycles. The van der Waals surface area contributed by atoms with Crippen molar-refractivity contribution in [1.82, 2.24) is 0 Å². The highest BCUT2D eigenvalue weighted by Crippen LogP contribution is 2.14. The average Bonchev–Trinajstić information content (AvgIpc) is 2.43. The number of carbonyl (C=O) groups excluding carboxylic acids is 1. The zero-order valence-electron chi connectivity index (χ0n) is 13.5. The van der Waals surface area contributed by atoms with Gasteiger partial charge >= 0.3 is 0 Å². The van der Waals surface area contributed by atoms with Crippen LogP contribution in [0.1, 0.15) is 90.9 Å². The van der Waals surface area contributed by atoms with Crippen LogP contribution in [-0.2, 0) is 9.53 Å². The van der Waals surface area contributed by atoms with Gasteiger partial charge in [-0.25, -0.2) is 0 Å². The molecule has 0 saturated heterocycles. The highest BCUT2D eigenvalue weighted by atomic mass is 16.5. The maximum Gasteiger partial charge on any atom is 0.293 e. The van der Waals surface area contributed by atoms with Crippen LogP contribution in [0.5, 0.6) is 0 Å². The van der Waals surface area contributed by atoms with Crippen LogP contribution in [0, 0.1) is 0 Å². The fraction of sp³-hybridized carbons (Fsp3) is 0.941. The molecule has 0 aliphatic carbocycles. The summed E-state index contributed by atoms with van der Waals surface area (Å²) in [4.78, 5) is 10.3. The number of aliphatic hydroxyl groups is 1. The molecule has 3 nitrogen and oxygen atoms in total. The minimum absolute atomic E-state index is 0.328. The molecule has 0 heterocycles. The fourth-order valence-electron chi connectivity index (χ4n) is 2.50. The van der Waals surface area contributed by atoms with Gasteiger partial charge in [-0.2, -0.15) is 0 Å². The Morgan fingerprint density at radius 3 is 1.75 bits per heavy atom. The molecule has 1 N–H and O–H groups in total. The standard InChI is InChI=1S/C17H34O3/c1-3-4-5-6-7-8-9-10-11-12-13-14-17(16(2)19)20-15-18/h15-17,19H,3-14H2,1-2H3. The summed E-state index contributed by atoms with van der Waals surface area (Å²) in [5.74, 6) is 0. The topological polar surface area (TPSA) is 46.5 Å². The van der Waals surface area contributed by atoms with Gasteiger partial charge in [-0.15, -0.1) is 0 Å². The predicted molar refractivity (Wildman–Crippen MR) is 83.7 cm³/mol. The quantitative estimate of drug-likeness (QED) is 0.353. The SMILES string of the molecule is CCCCCCCCCCCCCC(OC=O)C(C)O. The van der Waals surface area contributed by atoms with Crippen molar-refractivity contribution >= 4 is 6.47 Å². The number of hydrogen-bond donors (Lipinski definition) is 1. The molecule has 0 radical (unpaired) electrons. The van der Waals surface area contributed by atoms with Crippen molar-refractivity contribution in [2.45, 2.75) is 103 Å². The van der Waals surface area contributed by atoms with Crippen molar-refractivity contribution in [3.8, 4) is 0 Å². The van der Waals surface area contributed by atoms with E-state index in [-0.39, 0.29) is 6.10 Å². The van der Waals surface area contributed by atoms with Crippen molar-refractivity contribution < 1.29 is 14.6 Å². The predicted octanol–water partition coefficient (Wildman–Crippen LogP) is 4.61. The van der Waals surface area contributed by atoms with Crippen molar-refractivity contribution in [2.24, 2.45) is 0 Å². The minimum atomic E-state index is -0.566. The third kappa shape index (κ3) is 12.5. The van der Waals surface area contributed by atoms with Crippen LogP contribution in [0.2, 0.25) is 0 Å². The smallest absolute Gasteiger partial charge is 0.293 e. The zero-order chi connectivity index (χ0) is 15.1. The van der Waals surface area contributed by atoms with Crippen LogP contribution < -0.4 is 0 Å². The van der Waals surface area contributed by atoms with E-state index in [2.05, 4.69) is 6.92 Å². The molecule has 0 aromatic rings. The molecule has 2 atom stereocenters. The summed E-state index contributed by atoms with van der Waals surface area (Å²) < 4.78 is 4.86. The summed E-state index contributed by atoms with van der Waals surface area (Å²) in [7, 11) is 0. The Morgan fingerprint density at radius 1 is 0.900 bits per heavy atom. The maximum atomic E-state index is 10.3. The van der Waals surface area contributed by atoms with Crippen LogP contribution in [-0.4, -0.2) is 23.8 Å². The lowest BCUT2D eigenvalue weighted by Crippen LogP contribution is -2.25. The largest absolute Gasteiger partial charge is 0.462 e. The van der Waals surface area contributed by atoms with Gasteiger partial charge in [-0.1, -0.05) is 71.1 Å². The fourth-order valence-corrected chi connectivity index (χ4v) is 2.50. The second kappa shape index (κ2) is 14.8. The Morgan fingerprint density at radius 2 is 1.35 bits per heavy atom. The van der Waals surface area contributed by atoms with Gasteiger partial charge in [0.1, 0.15) is 6.10 Å². The van der Waals surface area contributed by atoms with Gasteiger partial charge in [0.25, 0.3) is 6.47 Å². The number of unbranched alkanes of at least 4 members (excludes halogenated alkanes) is 10. The molecule has 0 aliphatic heterocycles. The van der Waals surface area contributed by atoms with Crippen molar-refractivity contribution in [3.05, 3.63) is 0 Å². The van der Waals surface area contributed by atoms with Gasteiger partial charge in [0.2, 0.25) is 0 Å². The molecule has 0 amide bonds. The summed E-state index contributed by atoms with van der Waals surface area (Å²) in [6, 6.07) is 0. The van der Waals surface area contributed by atoms with Crippen molar-refractivity contribution in [2.75, 3.05) is 0 Å². The normalized spacial score (nSPS) is 13.9. The molecule has 20 heavy (non-hydrogen) atoms. The van der Waals surface area contributed by atoms with Crippen LogP contribution in [0.25, 0.3) is 0 Å². The lowest BCUT2D eigenvalue weighted by Gasteiger charge is -2.17. The Hall–Kier alpha value is -0.570. The zero-order valence-corrected chi connectivity index (χ0v) is 13.5. The van der Waals surface area contributed by atoms with E-state index in [1.807, 2.05) is 0 Å². The number of aliphatic hydroxyl groups excluding tert-OH is 1. The van der Waals surface area contributed by atoms with Crippen LogP contribution in [0.4, 0.5) is 0 Å². The number of rotatable bonds is 15. The molecule has 120 valence electrons. The lowest BCUT2D eigenvalue weighted by atomic mass is 10.0. The van der Waals surface area contributed by atoms with Crippen LogP contribution in [0.15, 0.2) is 0 Å². The van der Waals surface area contributed by atoms with E-state index in [4.69, 9.17) is 4.74 Å². The first-order chi connectivity index (χ1) is 9.72. The average molecular weight is 286 g/mol. The minimum Gasteiger partial charge on any atom is -0.462 e. The first-order valence-corrected chi connectivity index (χ1v) is 8.49. The highest BCUT2D eigenvalue weighted by Gasteiger charge is 2.14. The number of carbonyl (C=O) groups is 1. The third-order valence-electron chi connectivity index (χ3n) is 3.86. The molecule has 0 saturated carbocycles. The second-order valence-electron chi connectivity index (χ2n) is 5.84. The van der Waals surface area contributed by atoms with E-state index in [0.29, 0.717) is 6.47 Å². The lowest BCUT2D eigenvalue weighted by molar-refractivity contribution is -0.139. The molecule has 2 unspecified atom stereocenters. The summed E-state index contributed by atoms with van der Waals surface area (Å²) in [6.45, 7) is 4.37. The summed E-state index contributed by atoms with van der Waals surface area (Å²) >= 11 is 0. The second-order valence-corrected chi connectivity index (χ2v) is 5.84. The van der Waals surface area contributed by atoms with E-state index in [0.717, 1.165) is 12.8 Å². The highest BCUT2D eigenvalue weighted by molar-refractivity contribution is 5.37. The van der Waals surface area contributed by atoms with E-state index >= 15 is 0 Å². The maximum absolute atomic E-state index is 10.3. The third-order valence-corrected chi connectivity index (χ3v) is 3.86. The molecule has 0 spiro atoms. The van der Waals surface area contributed by atoms with Crippen molar-refractivity contribution in [1.29, 1.82) is 0 Å². The Bertz CT molecular complexity index is 204. The first kappa shape index (κ1) is 19.4. The van der Waals surface area contributed by atoms with Gasteiger partial charge in [0.05, 0.1) is 6.10 Å². The Balaban J connectivity index is 3.25.